The van der Waals surface area contributed by atoms with Crippen LogP contribution < -0.4 is 5.32 Å². The van der Waals surface area contributed by atoms with Gasteiger partial charge in [0.05, 0.1) is 0 Å². The zero-order chi connectivity index (χ0) is 32.4. The van der Waals surface area contributed by atoms with Gasteiger partial charge in [0, 0.05) is 16.8 Å². The molecule has 0 atom stereocenters. The molecule has 0 aliphatic heterocycles. The third-order valence-corrected chi connectivity index (χ3v) is 9.95. The summed E-state index contributed by atoms with van der Waals surface area (Å²) >= 11 is 0. The molecule has 0 bridgehead atoms. The number of nitrogens with one attached hydrogen (secondary N) is 1. The van der Waals surface area contributed by atoms with E-state index in [2.05, 4.69) is 182 Å². The van der Waals surface area contributed by atoms with Gasteiger partial charge in [-0.3, -0.25) is 0 Å². The number of hydrogen-bond donors (Lipinski definition) is 1. The predicted octanol–water partition coefficient (Wildman–Crippen LogP) is 12.8. The second-order valence-corrected chi connectivity index (χ2v) is 15.7. The van der Waals surface area contributed by atoms with Crippen LogP contribution in [0.25, 0.3) is 44.2 Å². The first kappa shape index (κ1) is 30.1. The van der Waals surface area contributed by atoms with E-state index in [-0.39, 0.29) is 16.2 Å². The Morgan fingerprint density at radius 1 is 0.478 bits per heavy atom. The minimum Gasteiger partial charge on any atom is -0.355 e. The van der Waals surface area contributed by atoms with Gasteiger partial charge in [0.25, 0.3) is 0 Å². The van der Waals surface area contributed by atoms with Crippen molar-refractivity contribution in [3.8, 4) is 33.4 Å². The topological polar surface area (TPSA) is 12.0 Å². The maximum atomic E-state index is 3.83. The van der Waals surface area contributed by atoms with Crippen LogP contribution in [0.5, 0.6) is 0 Å². The van der Waals surface area contributed by atoms with Crippen LogP contribution in [0, 0.1) is 0 Å². The lowest BCUT2D eigenvalue weighted by atomic mass is 9.82. The third kappa shape index (κ3) is 5.32. The Morgan fingerprint density at radius 2 is 1.04 bits per heavy atom. The van der Waals surface area contributed by atoms with Crippen LogP contribution in [-0.4, -0.2) is 0 Å². The smallest absolute Gasteiger partial charge is 0.0396 e. The van der Waals surface area contributed by atoms with Gasteiger partial charge in [0.1, 0.15) is 0 Å². The largest absolute Gasteiger partial charge is 0.355 e. The summed E-state index contributed by atoms with van der Waals surface area (Å²) in [6.07, 6.45) is 0. The lowest BCUT2D eigenvalue weighted by Crippen LogP contribution is -2.15. The van der Waals surface area contributed by atoms with Crippen LogP contribution in [0.3, 0.4) is 0 Å². The van der Waals surface area contributed by atoms with E-state index in [0.29, 0.717) is 0 Å². The average Bonchev–Trinajstić information content (AvgIpc) is 3.26. The van der Waals surface area contributed by atoms with Gasteiger partial charge >= 0.3 is 0 Å². The van der Waals surface area contributed by atoms with Crippen molar-refractivity contribution in [2.24, 2.45) is 0 Å². The highest BCUT2D eigenvalue weighted by molar-refractivity contribution is 6.02. The summed E-state index contributed by atoms with van der Waals surface area (Å²) in [5.74, 6) is 0. The minimum atomic E-state index is -0.0804. The molecule has 0 fully saturated rings. The zero-order valence-corrected chi connectivity index (χ0v) is 28.5. The number of rotatable bonds is 4. The molecular formula is C45H45N. The van der Waals surface area contributed by atoms with Gasteiger partial charge in [-0.1, -0.05) is 146 Å². The van der Waals surface area contributed by atoms with Crippen LogP contribution in [-0.2, 0) is 16.2 Å². The molecule has 46 heavy (non-hydrogen) atoms. The van der Waals surface area contributed by atoms with Crippen molar-refractivity contribution in [1.29, 1.82) is 0 Å². The van der Waals surface area contributed by atoms with E-state index in [1.807, 2.05) is 0 Å². The minimum absolute atomic E-state index is 0.0804. The van der Waals surface area contributed by atoms with Crippen LogP contribution in [0.2, 0.25) is 0 Å². The van der Waals surface area contributed by atoms with Crippen molar-refractivity contribution in [2.45, 2.75) is 71.6 Å². The molecule has 0 heterocycles. The van der Waals surface area contributed by atoms with E-state index < -0.39 is 0 Å². The normalized spacial score (nSPS) is 13.8. The fourth-order valence-corrected chi connectivity index (χ4v) is 7.11. The van der Waals surface area contributed by atoms with Crippen molar-refractivity contribution in [3.05, 3.63) is 144 Å². The molecule has 0 aromatic heterocycles. The van der Waals surface area contributed by atoms with E-state index in [1.165, 1.54) is 66.4 Å². The Labute approximate surface area is 275 Å². The number of fused-ring (bicyclic) bond motifs is 5. The van der Waals surface area contributed by atoms with Gasteiger partial charge in [-0.15, -0.1) is 0 Å². The summed E-state index contributed by atoms with van der Waals surface area (Å²) in [6.45, 7) is 18.3. The van der Waals surface area contributed by atoms with Gasteiger partial charge in [-0.2, -0.15) is 0 Å². The van der Waals surface area contributed by atoms with E-state index >= 15 is 0 Å². The van der Waals surface area contributed by atoms with Gasteiger partial charge in [0.15, 0.2) is 0 Å². The second kappa shape index (κ2) is 10.7. The molecule has 6 aromatic carbocycles. The summed E-state index contributed by atoms with van der Waals surface area (Å²) in [7, 11) is 0. The monoisotopic (exact) mass is 599 g/mol. The van der Waals surface area contributed by atoms with E-state index in [1.54, 1.807) is 0 Å². The van der Waals surface area contributed by atoms with E-state index in [0.717, 1.165) is 11.4 Å². The van der Waals surface area contributed by atoms with Crippen LogP contribution in [0.4, 0.5) is 11.4 Å². The highest BCUT2D eigenvalue weighted by Gasteiger charge is 2.36. The van der Waals surface area contributed by atoms with Gasteiger partial charge in [0.2, 0.25) is 0 Å². The SMILES string of the molecule is CC(C)(C)c1ccc(-c2cc(Nc3ccc4c(c3)C(C)(C)c3ccc5ccccc5c3-4)cc(-c3ccc(C(C)(C)C)cc3)c2)cc1. The quantitative estimate of drug-likeness (QED) is 0.212. The Balaban J connectivity index is 1.30. The molecule has 1 N–H and O–H groups in total. The summed E-state index contributed by atoms with van der Waals surface area (Å²) in [5.41, 5.74) is 15.4. The Hall–Kier alpha value is -4.62. The highest BCUT2D eigenvalue weighted by atomic mass is 14.9. The standard InChI is InChI=1S/C45H45N/c1-43(2,3)34-18-13-29(14-19-34)32-25-33(30-15-20-35(21-16-30)44(4,5)6)27-37(26-32)46-36-22-23-39-41(28-36)45(7,8)40-24-17-31-11-9-10-12-38(31)42(39)40/h9-28,46H,1-8H3. The van der Waals surface area contributed by atoms with Crippen molar-refractivity contribution < 1.29 is 0 Å². The van der Waals surface area contributed by atoms with Crippen LogP contribution in [0.1, 0.15) is 77.6 Å². The Morgan fingerprint density at radius 3 is 1.61 bits per heavy atom. The maximum absolute atomic E-state index is 3.83. The van der Waals surface area contributed by atoms with Gasteiger partial charge < -0.3 is 5.32 Å². The lowest BCUT2D eigenvalue weighted by molar-refractivity contribution is 0.590. The molecule has 6 aromatic rings. The molecule has 0 unspecified atom stereocenters. The predicted molar refractivity (Wildman–Crippen MR) is 200 cm³/mol. The van der Waals surface area contributed by atoms with Crippen molar-refractivity contribution >= 4 is 22.1 Å². The summed E-state index contributed by atoms with van der Waals surface area (Å²) in [4.78, 5) is 0. The molecule has 0 radical (unpaired) electrons. The maximum Gasteiger partial charge on any atom is 0.0396 e. The molecule has 7 rings (SSSR count). The zero-order valence-electron chi connectivity index (χ0n) is 28.5. The summed E-state index contributed by atoms with van der Waals surface area (Å²) in [5, 5.41) is 6.45. The Kier molecular flexibility index (Phi) is 7.01. The van der Waals surface area contributed by atoms with Crippen molar-refractivity contribution in [3.63, 3.8) is 0 Å². The van der Waals surface area contributed by atoms with E-state index in [4.69, 9.17) is 0 Å². The molecule has 1 aliphatic rings. The lowest BCUT2D eigenvalue weighted by Gasteiger charge is -2.22. The molecule has 1 heteroatoms. The molecule has 0 saturated carbocycles. The van der Waals surface area contributed by atoms with Crippen molar-refractivity contribution in [1.82, 2.24) is 0 Å². The molecule has 0 amide bonds. The fraction of sp³-hybridized carbons (Fsp3) is 0.244. The van der Waals surface area contributed by atoms with Gasteiger partial charge in [-0.05, 0) is 108 Å². The number of anilines is 2. The number of hydrogen-bond acceptors (Lipinski definition) is 1. The Bertz CT molecular complexity index is 2000. The first-order chi connectivity index (χ1) is 21.8. The molecule has 1 nitrogen and oxygen atoms in total. The molecule has 0 saturated heterocycles. The van der Waals surface area contributed by atoms with Crippen molar-refractivity contribution in [2.75, 3.05) is 5.32 Å². The van der Waals surface area contributed by atoms with Crippen LogP contribution >= 0.6 is 0 Å². The van der Waals surface area contributed by atoms with Crippen LogP contribution in [0.15, 0.2) is 121 Å². The number of benzene rings is 6. The fourth-order valence-electron chi connectivity index (χ4n) is 7.11. The average molecular weight is 600 g/mol. The molecule has 230 valence electrons. The third-order valence-electron chi connectivity index (χ3n) is 9.95. The molecule has 0 spiro atoms. The summed E-state index contributed by atoms with van der Waals surface area (Å²) in [6, 6.07) is 45.4. The first-order valence-corrected chi connectivity index (χ1v) is 16.6. The first-order valence-electron chi connectivity index (χ1n) is 16.6. The highest BCUT2D eigenvalue weighted by Crippen LogP contribution is 2.52. The second-order valence-electron chi connectivity index (χ2n) is 15.7. The molecule has 1 aliphatic carbocycles. The van der Waals surface area contributed by atoms with E-state index in [9.17, 15) is 0 Å². The summed E-state index contributed by atoms with van der Waals surface area (Å²) < 4.78 is 0. The molecular weight excluding hydrogens is 555 g/mol. The van der Waals surface area contributed by atoms with Gasteiger partial charge in [-0.25, -0.2) is 0 Å².